The zero-order chi connectivity index (χ0) is 20.2. The number of aliphatic imine (C=N–C) groups is 1. The van der Waals surface area contributed by atoms with Gasteiger partial charge in [-0.15, -0.1) is 24.0 Å². The van der Waals surface area contributed by atoms with Gasteiger partial charge >= 0.3 is 0 Å². The van der Waals surface area contributed by atoms with Crippen LogP contribution in [0.3, 0.4) is 0 Å². The number of carbonyl (C=O) groups is 1. The van der Waals surface area contributed by atoms with E-state index in [1.807, 2.05) is 11.8 Å². The van der Waals surface area contributed by atoms with E-state index in [1.165, 1.54) is 6.42 Å². The Morgan fingerprint density at radius 2 is 1.97 bits per heavy atom. The number of nitrogens with zero attached hydrogens (tertiary/aromatic N) is 2. The molecule has 2 aliphatic rings. The summed E-state index contributed by atoms with van der Waals surface area (Å²) in [5.74, 6) is 1.43. The molecule has 1 aliphatic carbocycles. The van der Waals surface area contributed by atoms with Crippen molar-refractivity contribution in [2.45, 2.75) is 58.3 Å². The summed E-state index contributed by atoms with van der Waals surface area (Å²) in [6.07, 6.45) is 8.15. The number of rotatable bonds is 11. The van der Waals surface area contributed by atoms with Gasteiger partial charge in [0.05, 0.1) is 5.75 Å². The van der Waals surface area contributed by atoms with Crippen molar-refractivity contribution in [1.29, 1.82) is 0 Å². The molecular formula is C19H38IN5O3S. The minimum Gasteiger partial charge on any atom is -0.357 e. The molecule has 8 nitrogen and oxygen atoms in total. The maximum absolute atomic E-state index is 12.1. The van der Waals surface area contributed by atoms with Crippen LogP contribution in [0.25, 0.3) is 0 Å². The molecule has 0 aromatic heterocycles. The second-order valence-electron chi connectivity index (χ2n) is 7.70. The molecule has 2 rings (SSSR count). The van der Waals surface area contributed by atoms with Crippen LogP contribution in [0.4, 0.5) is 0 Å². The van der Waals surface area contributed by atoms with Gasteiger partial charge in [0, 0.05) is 45.7 Å². The Morgan fingerprint density at radius 1 is 1.17 bits per heavy atom. The molecule has 2 fully saturated rings. The van der Waals surface area contributed by atoms with Crippen LogP contribution in [0.5, 0.6) is 0 Å². The molecule has 0 spiro atoms. The number of guanidine groups is 1. The Kier molecular flexibility index (Phi) is 13.1. The van der Waals surface area contributed by atoms with Gasteiger partial charge in [0.15, 0.2) is 5.96 Å². The third-order valence-corrected chi connectivity index (χ3v) is 6.70. The van der Waals surface area contributed by atoms with Crippen LogP contribution >= 0.6 is 24.0 Å². The van der Waals surface area contributed by atoms with Crippen molar-refractivity contribution in [3.63, 3.8) is 0 Å². The zero-order valence-corrected chi connectivity index (χ0v) is 20.8. The van der Waals surface area contributed by atoms with E-state index in [2.05, 4.69) is 20.3 Å². The maximum Gasteiger partial charge on any atom is 0.222 e. The Bertz CT molecular complexity index is 611. The fraction of sp³-hybridized carbons (Fsp3) is 0.895. The summed E-state index contributed by atoms with van der Waals surface area (Å²) in [7, 11) is -3.25. The molecule has 0 aromatic carbocycles. The Labute approximate surface area is 193 Å². The van der Waals surface area contributed by atoms with Crippen LogP contribution in [0.15, 0.2) is 4.99 Å². The average molecular weight is 544 g/mol. The lowest BCUT2D eigenvalue weighted by Crippen LogP contribution is -2.42. The lowest BCUT2D eigenvalue weighted by molar-refractivity contribution is -0.130. The summed E-state index contributed by atoms with van der Waals surface area (Å²) in [4.78, 5) is 18.5. The minimum atomic E-state index is -3.25. The van der Waals surface area contributed by atoms with E-state index in [1.54, 1.807) is 0 Å². The molecule has 29 heavy (non-hydrogen) atoms. The van der Waals surface area contributed by atoms with E-state index in [0.29, 0.717) is 44.5 Å². The summed E-state index contributed by atoms with van der Waals surface area (Å²) in [5.41, 5.74) is 0. The molecule has 1 aliphatic heterocycles. The molecule has 3 N–H and O–H groups in total. The molecule has 1 saturated heterocycles. The molecule has 0 unspecified atom stereocenters. The molecular weight excluding hydrogens is 505 g/mol. The third-order valence-electron chi connectivity index (χ3n) is 5.35. The minimum absolute atomic E-state index is 0. The van der Waals surface area contributed by atoms with E-state index in [9.17, 15) is 13.2 Å². The lowest BCUT2D eigenvalue weighted by Gasteiger charge is -2.25. The van der Waals surface area contributed by atoms with Crippen molar-refractivity contribution in [1.82, 2.24) is 20.3 Å². The highest BCUT2D eigenvalue weighted by Crippen LogP contribution is 2.25. The molecule has 0 aromatic rings. The molecule has 1 heterocycles. The maximum atomic E-state index is 12.1. The SMILES string of the molecule is CCNC(=NCCCN1CCCCCC1=O)NCCS(=O)(=O)NCC1CCC1.I. The number of hydrogen-bond acceptors (Lipinski definition) is 4. The first-order valence-corrected chi connectivity index (χ1v) is 12.4. The third kappa shape index (κ3) is 10.8. The van der Waals surface area contributed by atoms with Crippen molar-refractivity contribution < 1.29 is 13.2 Å². The van der Waals surface area contributed by atoms with E-state index in [-0.39, 0.29) is 35.6 Å². The van der Waals surface area contributed by atoms with Gasteiger partial charge in [-0.1, -0.05) is 12.8 Å². The summed E-state index contributed by atoms with van der Waals surface area (Å²) in [5, 5.41) is 6.23. The molecule has 0 bridgehead atoms. The molecule has 1 amide bonds. The van der Waals surface area contributed by atoms with Gasteiger partial charge in [-0.2, -0.15) is 0 Å². The predicted octanol–water partition coefficient (Wildman–Crippen LogP) is 1.67. The molecule has 0 radical (unpaired) electrons. The first kappa shape index (κ1) is 26.4. The molecule has 170 valence electrons. The van der Waals surface area contributed by atoms with Gasteiger partial charge in [0.25, 0.3) is 0 Å². The number of halogens is 1. The second-order valence-corrected chi connectivity index (χ2v) is 9.62. The fourth-order valence-electron chi connectivity index (χ4n) is 3.39. The monoisotopic (exact) mass is 543 g/mol. The van der Waals surface area contributed by atoms with Crippen molar-refractivity contribution >= 4 is 45.9 Å². The summed E-state index contributed by atoms with van der Waals surface area (Å²) in [6.45, 7) is 5.76. The summed E-state index contributed by atoms with van der Waals surface area (Å²) < 4.78 is 26.8. The highest BCUT2D eigenvalue weighted by molar-refractivity contribution is 14.0. The van der Waals surface area contributed by atoms with Crippen LogP contribution in [0, 0.1) is 5.92 Å². The van der Waals surface area contributed by atoms with Gasteiger partial charge in [-0.3, -0.25) is 9.79 Å². The van der Waals surface area contributed by atoms with Crippen LogP contribution in [0.2, 0.25) is 0 Å². The van der Waals surface area contributed by atoms with E-state index >= 15 is 0 Å². The number of nitrogens with one attached hydrogen (secondary N) is 3. The lowest BCUT2D eigenvalue weighted by atomic mass is 9.86. The molecule has 10 heteroatoms. The van der Waals surface area contributed by atoms with Crippen LogP contribution in [-0.4, -0.2) is 70.2 Å². The van der Waals surface area contributed by atoms with Gasteiger partial charge in [-0.05, 0) is 44.9 Å². The summed E-state index contributed by atoms with van der Waals surface area (Å²) >= 11 is 0. The van der Waals surface area contributed by atoms with Gasteiger partial charge in [0.1, 0.15) is 0 Å². The van der Waals surface area contributed by atoms with E-state index in [0.717, 1.165) is 51.6 Å². The van der Waals surface area contributed by atoms with Crippen molar-refractivity contribution in [2.24, 2.45) is 10.9 Å². The van der Waals surface area contributed by atoms with Crippen molar-refractivity contribution in [3.8, 4) is 0 Å². The Hall–Kier alpha value is -0.620. The van der Waals surface area contributed by atoms with Crippen molar-refractivity contribution in [2.75, 3.05) is 45.0 Å². The zero-order valence-electron chi connectivity index (χ0n) is 17.6. The highest BCUT2D eigenvalue weighted by Gasteiger charge is 2.20. The standard InChI is InChI=1S/C19H37N5O3S.HI/c1-2-20-19(21-11-7-14-24-13-5-3-4-10-18(24)25)22-12-15-28(26,27)23-16-17-8-6-9-17;/h17,23H,2-16H2,1H3,(H2,20,21,22);1H. The Morgan fingerprint density at radius 3 is 2.66 bits per heavy atom. The number of sulfonamides is 1. The summed E-state index contributed by atoms with van der Waals surface area (Å²) in [6, 6.07) is 0. The van der Waals surface area contributed by atoms with Gasteiger partial charge < -0.3 is 15.5 Å². The van der Waals surface area contributed by atoms with Gasteiger partial charge in [-0.25, -0.2) is 13.1 Å². The number of likely N-dealkylation sites (tertiary alicyclic amines) is 1. The second kappa shape index (κ2) is 14.4. The first-order chi connectivity index (χ1) is 13.5. The normalized spacial score (nSPS) is 18.6. The average Bonchev–Trinajstić information content (AvgIpc) is 2.81. The van der Waals surface area contributed by atoms with Crippen LogP contribution < -0.4 is 15.4 Å². The molecule has 0 atom stereocenters. The van der Waals surface area contributed by atoms with Gasteiger partial charge in [0.2, 0.25) is 15.9 Å². The van der Waals surface area contributed by atoms with Crippen LogP contribution in [-0.2, 0) is 14.8 Å². The van der Waals surface area contributed by atoms with Crippen LogP contribution in [0.1, 0.15) is 58.3 Å². The smallest absolute Gasteiger partial charge is 0.222 e. The largest absolute Gasteiger partial charge is 0.357 e. The molecule has 1 saturated carbocycles. The fourth-order valence-corrected chi connectivity index (χ4v) is 4.39. The predicted molar refractivity (Wildman–Crippen MR) is 128 cm³/mol. The number of hydrogen-bond donors (Lipinski definition) is 3. The quantitative estimate of drug-likeness (QED) is 0.159. The highest BCUT2D eigenvalue weighted by atomic mass is 127. The van der Waals surface area contributed by atoms with E-state index in [4.69, 9.17) is 0 Å². The topological polar surface area (TPSA) is 103 Å². The van der Waals surface area contributed by atoms with E-state index < -0.39 is 10.0 Å². The number of carbonyl (C=O) groups excluding carboxylic acids is 1. The first-order valence-electron chi connectivity index (χ1n) is 10.8. The van der Waals surface area contributed by atoms with Crippen molar-refractivity contribution in [3.05, 3.63) is 0 Å². The number of amides is 1. The Balaban J connectivity index is 0.00000420.